The molecule has 0 amide bonds. The fourth-order valence-electron chi connectivity index (χ4n) is 4.32. The SMILES string of the molecule is Brc1ccc(/C=N\N2CC[NH+](C3c4ccccc4-c4ccccc43)CC2)s1. The summed E-state index contributed by atoms with van der Waals surface area (Å²) in [5.74, 6) is 0. The van der Waals surface area contributed by atoms with Gasteiger partial charge in [0.15, 0.2) is 0 Å². The molecule has 1 saturated heterocycles. The minimum atomic E-state index is 0.455. The fourth-order valence-corrected chi connectivity index (χ4v) is 5.61. The van der Waals surface area contributed by atoms with E-state index in [1.165, 1.54) is 27.1 Å². The van der Waals surface area contributed by atoms with Gasteiger partial charge in [-0.05, 0) is 39.2 Å². The Hall–Kier alpha value is -1.95. The van der Waals surface area contributed by atoms with E-state index >= 15 is 0 Å². The van der Waals surface area contributed by atoms with Gasteiger partial charge in [-0.2, -0.15) is 5.10 Å². The van der Waals surface area contributed by atoms with Gasteiger partial charge in [0.1, 0.15) is 6.04 Å². The molecule has 3 nitrogen and oxygen atoms in total. The van der Waals surface area contributed by atoms with Crippen LogP contribution in [0.4, 0.5) is 0 Å². The molecular weight excluding hydrogens is 418 g/mol. The average molecular weight is 439 g/mol. The van der Waals surface area contributed by atoms with Crippen LogP contribution in [0.3, 0.4) is 0 Å². The number of piperazine rings is 1. The molecule has 3 aromatic rings. The van der Waals surface area contributed by atoms with Gasteiger partial charge in [0.05, 0.1) is 36.2 Å². The van der Waals surface area contributed by atoms with E-state index in [9.17, 15) is 0 Å². The van der Waals surface area contributed by atoms with Gasteiger partial charge in [-0.3, -0.25) is 5.01 Å². The maximum atomic E-state index is 4.70. The molecule has 1 aliphatic carbocycles. The Morgan fingerprint density at radius 1 is 0.926 bits per heavy atom. The molecular formula is C22H21BrN3S+. The lowest BCUT2D eigenvalue weighted by atomic mass is 10.0. The number of quaternary nitrogens is 1. The molecule has 1 aromatic heterocycles. The summed E-state index contributed by atoms with van der Waals surface area (Å²) in [5, 5.41) is 6.91. The summed E-state index contributed by atoms with van der Waals surface area (Å²) in [7, 11) is 0. The molecule has 0 spiro atoms. The Labute approximate surface area is 172 Å². The van der Waals surface area contributed by atoms with Crippen molar-refractivity contribution in [2.45, 2.75) is 6.04 Å². The van der Waals surface area contributed by atoms with Crippen LogP contribution in [0.25, 0.3) is 11.1 Å². The zero-order valence-electron chi connectivity index (χ0n) is 14.9. The van der Waals surface area contributed by atoms with E-state index in [1.54, 1.807) is 16.2 Å². The number of thiophene rings is 1. The van der Waals surface area contributed by atoms with Crippen molar-refractivity contribution in [3.05, 3.63) is 80.5 Å². The first kappa shape index (κ1) is 17.2. The molecule has 0 atom stereocenters. The van der Waals surface area contributed by atoms with E-state index in [4.69, 9.17) is 5.10 Å². The number of rotatable bonds is 3. The average Bonchev–Trinajstić information content (AvgIpc) is 3.28. The Balaban J connectivity index is 1.33. The quantitative estimate of drug-likeness (QED) is 0.616. The lowest BCUT2D eigenvalue weighted by Crippen LogP contribution is -3.14. The zero-order chi connectivity index (χ0) is 18.2. The van der Waals surface area contributed by atoms with E-state index in [2.05, 4.69) is 81.6 Å². The summed E-state index contributed by atoms with van der Waals surface area (Å²) in [4.78, 5) is 2.84. The molecule has 2 aliphatic rings. The third-order valence-electron chi connectivity index (χ3n) is 5.57. The third-order valence-corrected chi connectivity index (χ3v) is 7.12. The van der Waals surface area contributed by atoms with Crippen molar-refractivity contribution >= 4 is 33.5 Å². The molecule has 1 fully saturated rings. The van der Waals surface area contributed by atoms with E-state index in [0.717, 1.165) is 30.0 Å². The molecule has 27 heavy (non-hydrogen) atoms. The highest BCUT2D eigenvalue weighted by atomic mass is 79.9. The van der Waals surface area contributed by atoms with Crippen LogP contribution in [0.2, 0.25) is 0 Å². The number of fused-ring (bicyclic) bond motifs is 3. The van der Waals surface area contributed by atoms with Crippen LogP contribution in [-0.2, 0) is 0 Å². The van der Waals surface area contributed by atoms with Gasteiger partial charge in [0, 0.05) is 16.0 Å². The molecule has 1 aliphatic heterocycles. The predicted octanol–water partition coefficient (Wildman–Crippen LogP) is 3.82. The maximum Gasteiger partial charge on any atom is 0.140 e. The number of benzene rings is 2. The lowest BCUT2D eigenvalue weighted by Gasteiger charge is -2.34. The zero-order valence-corrected chi connectivity index (χ0v) is 17.3. The van der Waals surface area contributed by atoms with E-state index < -0.39 is 0 Å². The minimum absolute atomic E-state index is 0.455. The second-order valence-electron chi connectivity index (χ2n) is 7.11. The van der Waals surface area contributed by atoms with Gasteiger partial charge >= 0.3 is 0 Å². The number of hydrogen-bond acceptors (Lipinski definition) is 3. The Morgan fingerprint density at radius 3 is 2.15 bits per heavy atom. The summed E-state index contributed by atoms with van der Waals surface area (Å²) >= 11 is 5.23. The first-order valence-electron chi connectivity index (χ1n) is 9.37. The lowest BCUT2D eigenvalue weighted by molar-refractivity contribution is -0.929. The van der Waals surface area contributed by atoms with Gasteiger partial charge in [0.2, 0.25) is 0 Å². The summed E-state index contributed by atoms with van der Waals surface area (Å²) < 4.78 is 1.15. The van der Waals surface area contributed by atoms with Crippen LogP contribution in [0.5, 0.6) is 0 Å². The van der Waals surface area contributed by atoms with Crippen molar-refractivity contribution in [1.82, 2.24) is 5.01 Å². The topological polar surface area (TPSA) is 20.0 Å². The summed E-state index contributed by atoms with van der Waals surface area (Å²) in [6, 6.07) is 22.5. The summed E-state index contributed by atoms with van der Waals surface area (Å²) in [5.41, 5.74) is 5.78. The van der Waals surface area contributed by atoms with E-state index in [-0.39, 0.29) is 0 Å². The minimum Gasteiger partial charge on any atom is -0.322 e. The van der Waals surface area contributed by atoms with Crippen molar-refractivity contribution in [2.75, 3.05) is 26.2 Å². The second-order valence-corrected chi connectivity index (χ2v) is 9.60. The fraction of sp³-hybridized carbons (Fsp3) is 0.227. The van der Waals surface area contributed by atoms with Crippen LogP contribution in [0.15, 0.2) is 69.6 Å². The van der Waals surface area contributed by atoms with Crippen LogP contribution in [-0.4, -0.2) is 37.4 Å². The predicted molar refractivity (Wildman–Crippen MR) is 116 cm³/mol. The Kier molecular flexibility index (Phi) is 4.60. The maximum absolute atomic E-state index is 4.70. The van der Waals surface area contributed by atoms with E-state index in [0.29, 0.717) is 6.04 Å². The van der Waals surface area contributed by atoms with Crippen molar-refractivity contribution < 1.29 is 4.90 Å². The molecule has 5 rings (SSSR count). The highest BCUT2D eigenvalue weighted by Crippen LogP contribution is 2.41. The van der Waals surface area contributed by atoms with Crippen molar-refractivity contribution in [3.8, 4) is 11.1 Å². The molecule has 0 bridgehead atoms. The molecule has 5 heteroatoms. The van der Waals surface area contributed by atoms with Gasteiger partial charge in [-0.1, -0.05) is 48.5 Å². The van der Waals surface area contributed by atoms with Crippen LogP contribution in [0, 0.1) is 0 Å². The van der Waals surface area contributed by atoms with Crippen LogP contribution >= 0.6 is 27.3 Å². The largest absolute Gasteiger partial charge is 0.322 e. The Bertz CT molecular complexity index is 943. The molecule has 0 saturated carbocycles. The normalized spacial score (nSPS) is 17.4. The smallest absolute Gasteiger partial charge is 0.140 e. The second kappa shape index (κ2) is 7.23. The van der Waals surface area contributed by atoms with Gasteiger partial charge in [-0.15, -0.1) is 11.3 Å². The monoisotopic (exact) mass is 438 g/mol. The van der Waals surface area contributed by atoms with Gasteiger partial charge < -0.3 is 4.90 Å². The van der Waals surface area contributed by atoms with Crippen LogP contribution < -0.4 is 4.90 Å². The van der Waals surface area contributed by atoms with Crippen LogP contribution in [0.1, 0.15) is 22.0 Å². The Morgan fingerprint density at radius 2 is 1.56 bits per heavy atom. The number of hydrazone groups is 1. The third kappa shape index (κ3) is 3.24. The molecule has 0 unspecified atom stereocenters. The first-order chi connectivity index (χ1) is 13.3. The number of nitrogens with zero attached hydrogens (tertiary/aromatic N) is 2. The number of nitrogens with one attached hydrogen (secondary N) is 1. The van der Waals surface area contributed by atoms with Crippen molar-refractivity contribution in [2.24, 2.45) is 5.10 Å². The first-order valence-corrected chi connectivity index (χ1v) is 11.0. The van der Waals surface area contributed by atoms with Crippen molar-refractivity contribution in [1.29, 1.82) is 0 Å². The molecule has 0 radical (unpaired) electrons. The van der Waals surface area contributed by atoms with Gasteiger partial charge in [-0.25, -0.2) is 0 Å². The summed E-state index contributed by atoms with van der Waals surface area (Å²) in [6.45, 7) is 4.22. The molecule has 2 heterocycles. The highest BCUT2D eigenvalue weighted by Gasteiger charge is 2.37. The molecule has 136 valence electrons. The molecule has 2 aromatic carbocycles. The van der Waals surface area contributed by atoms with Crippen molar-refractivity contribution in [3.63, 3.8) is 0 Å². The summed E-state index contributed by atoms with van der Waals surface area (Å²) in [6.07, 6.45) is 1.99. The molecule has 1 N–H and O–H groups in total. The number of halogens is 1. The standard InChI is InChI=1S/C22H20BrN3S/c23-21-10-9-16(27-21)15-24-26-13-11-25(12-14-26)22-19-7-3-1-5-17(19)18-6-2-4-8-20(18)22/h1-10,15,22H,11-14H2/p+1/b24-15-. The van der Waals surface area contributed by atoms with Gasteiger partial charge in [0.25, 0.3) is 0 Å². The van der Waals surface area contributed by atoms with E-state index in [1.807, 2.05) is 6.21 Å². The highest BCUT2D eigenvalue weighted by molar-refractivity contribution is 9.11. The number of hydrogen-bond donors (Lipinski definition) is 1.